The molecule has 0 radical (unpaired) electrons. The third-order valence-corrected chi connectivity index (χ3v) is 5.36. The predicted molar refractivity (Wildman–Crippen MR) is 85.3 cm³/mol. The van der Waals surface area contributed by atoms with Crippen molar-refractivity contribution in [1.82, 2.24) is 4.90 Å². The van der Waals surface area contributed by atoms with Gasteiger partial charge in [-0.25, -0.2) is 4.39 Å². The molecule has 0 unspecified atom stereocenters. The minimum absolute atomic E-state index is 0.0154. The summed E-state index contributed by atoms with van der Waals surface area (Å²) in [7, 11) is 2.11. The molecule has 1 aromatic carbocycles. The molecule has 3 nitrogen and oxygen atoms in total. The number of hydrogen-bond donors (Lipinski definition) is 1. The van der Waals surface area contributed by atoms with Crippen LogP contribution in [0.15, 0.2) is 18.2 Å². The van der Waals surface area contributed by atoms with E-state index in [1.165, 1.54) is 12.8 Å². The Kier molecular flexibility index (Phi) is 4.18. The van der Waals surface area contributed by atoms with E-state index in [1.807, 2.05) is 6.07 Å². The van der Waals surface area contributed by atoms with Crippen molar-refractivity contribution in [3.05, 3.63) is 29.6 Å². The fraction of sp³-hybridized carbons (Fsp3) is 0.647. The number of nitrogens with two attached hydrogens (primary N) is 1. The Morgan fingerprint density at radius 3 is 2.38 bits per heavy atom. The summed E-state index contributed by atoms with van der Waals surface area (Å²) in [6, 6.07) is 5.81. The maximum absolute atomic E-state index is 14.6. The summed E-state index contributed by atoms with van der Waals surface area (Å²) in [5.74, 6) is -0.0863. The van der Waals surface area contributed by atoms with Gasteiger partial charge in [-0.1, -0.05) is 18.9 Å². The fourth-order valence-corrected chi connectivity index (χ4v) is 3.80. The summed E-state index contributed by atoms with van der Waals surface area (Å²) in [4.78, 5) is 4.44. The number of benzene rings is 1. The largest absolute Gasteiger partial charge is 0.367 e. The van der Waals surface area contributed by atoms with Crippen LogP contribution in [0.1, 0.15) is 31.2 Å². The first kappa shape index (κ1) is 14.8. The van der Waals surface area contributed by atoms with Crippen LogP contribution in [0.5, 0.6) is 0 Å². The minimum atomic E-state index is -0.0863. The van der Waals surface area contributed by atoms with Crippen LogP contribution in [-0.4, -0.2) is 44.7 Å². The molecule has 1 saturated carbocycles. The first-order valence-corrected chi connectivity index (χ1v) is 8.08. The average Bonchev–Trinajstić information content (AvgIpc) is 2.98. The number of piperazine rings is 1. The molecule has 2 fully saturated rings. The SMILES string of the molecule is CN1CCN(c2ccc(C3(CN)CCCC3)cc2F)CC1. The molecule has 1 aromatic rings. The molecule has 2 aliphatic rings. The highest BCUT2D eigenvalue weighted by Crippen LogP contribution is 2.41. The number of halogens is 1. The third-order valence-electron chi connectivity index (χ3n) is 5.36. The van der Waals surface area contributed by atoms with E-state index in [-0.39, 0.29) is 11.2 Å². The smallest absolute Gasteiger partial charge is 0.146 e. The second-order valence-corrected chi connectivity index (χ2v) is 6.65. The zero-order valence-electron chi connectivity index (χ0n) is 12.9. The van der Waals surface area contributed by atoms with Gasteiger partial charge in [0.2, 0.25) is 0 Å². The quantitative estimate of drug-likeness (QED) is 0.928. The van der Waals surface area contributed by atoms with E-state index in [0.717, 1.165) is 50.3 Å². The van der Waals surface area contributed by atoms with Crippen LogP contribution in [0.25, 0.3) is 0 Å². The van der Waals surface area contributed by atoms with Crippen LogP contribution in [-0.2, 0) is 5.41 Å². The second kappa shape index (κ2) is 5.93. The number of rotatable bonds is 3. The molecular weight excluding hydrogens is 265 g/mol. The zero-order valence-corrected chi connectivity index (χ0v) is 12.9. The van der Waals surface area contributed by atoms with Crippen LogP contribution in [0.2, 0.25) is 0 Å². The van der Waals surface area contributed by atoms with E-state index < -0.39 is 0 Å². The van der Waals surface area contributed by atoms with Crippen molar-refractivity contribution < 1.29 is 4.39 Å². The normalized spacial score (nSPS) is 22.7. The van der Waals surface area contributed by atoms with Crippen molar-refractivity contribution in [1.29, 1.82) is 0 Å². The molecule has 0 aromatic heterocycles. The molecule has 1 aliphatic heterocycles. The second-order valence-electron chi connectivity index (χ2n) is 6.65. The Labute approximate surface area is 126 Å². The third kappa shape index (κ3) is 2.79. The molecule has 0 amide bonds. The number of anilines is 1. The van der Waals surface area contributed by atoms with Crippen molar-refractivity contribution >= 4 is 5.69 Å². The molecule has 0 bridgehead atoms. The zero-order chi connectivity index (χ0) is 14.9. The molecule has 21 heavy (non-hydrogen) atoms. The summed E-state index contributed by atoms with van der Waals surface area (Å²) in [5, 5.41) is 0. The monoisotopic (exact) mass is 291 g/mol. The lowest BCUT2D eigenvalue weighted by atomic mass is 9.79. The van der Waals surface area contributed by atoms with Crippen LogP contribution in [0.4, 0.5) is 10.1 Å². The summed E-state index contributed by atoms with van der Waals surface area (Å²) in [5.41, 5.74) is 7.87. The topological polar surface area (TPSA) is 32.5 Å². The maximum Gasteiger partial charge on any atom is 0.146 e. The summed E-state index contributed by atoms with van der Waals surface area (Å²) in [6.45, 7) is 4.41. The van der Waals surface area contributed by atoms with E-state index in [9.17, 15) is 4.39 Å². The van der Waals surface area contributed by atoms with Gasteiger partial charge in [-0.3, -0.25) is 0 Å². The van der Waals surface area contributed by atoms with Gasteiger partial charge in [-0.05, 0) is 37.6 Å². The number of nitrogens with zero attached hydrogens (tertiary/aromatic N) is 2. The highest BCUT2D eigenvalue weighted by atomic mass is 19.1. The Balaban J connectivity index is 1.83. The van der Waals surface area contributed by atoms with Gasteiger partial charge in [0.15, 0.2) is 0 Å². The van der Waals surface area contributed by atoms with Gasteiger partial charge >= 0.3 is 0 Å². The minimum Gasteiger partial charge on any atom is -0.367 e. The Morgan fingerprint density at radius 2 is 1.81 bits per heavy atom. The van der Waals surface area contributed by atoms with Crippen molar-refractivity contribution in [2.75, 3.05) is 44.7 Å². The first-order chi connectivity index (χ1) is 10.1. The molecule has 2 N–H and O–H groups in total. The summed E-state index contributed by atoms with van der Waals surface area (Å²) in [6.07, 6.45) is 4.60. The average molecular weight is 291 g/mol. The van der Waals surface area contributed by atoms with E-state index in [1.54, 1.807) is 6.07 Å². The molecule has 4 heteroatoms. The van der Waals surface area contributed by atoms with Crippen molar-refractivity contribution in [3.8, 4) is 0 Å². The van der Waals surface area contributed by atoms with Crippen LogP contribution in [0.3, 0.4) is 0 Å². The molecule has 1 aliphatic carbocycles. The Morgan fingerprint density at radius 1 is 1.14 bits per heavy atom. The van der Waals surface area contributed by atoms with E-state index >= 15 is 0 Å². The number of hydrogen-bond acceptors (Lipinski definition) is 3. The molecular formula is C17H26FN3. The highest BCUT2D eigenvalue weighted by Gasteiger charge is 2.34. The highest BCUT2D eigenvalue weighted by molar-refractivity contribution is 5.51. The Bertz CT molecular complexity index is 489. The van der Waals surface area contributed by atoms with Crippen LogP contribution < -0.4 is 10.6 Å². The molecule has 0 spiro atoms. The molecule has 0 atom stereocenters. The first-order valence-electron chi connectivity index (χ1n) is 8.08. The molecule has 116 valence electrons. The van der Waals surface area contributed by atoms with Gasteiger partial charge in [0.1, 0.15) is 5.82 Å². The van der Waals surface area contributed by atoms with Gasteiger partial charge < -0.3 is 15.5 Å². The van der Waals surface area contributed by atoms with Gasteiger partial charge in [-0.2, -0.15) is 0 Å². The number of likely N-dealkylation sites (N-methyl/N-ethyl adjacent to an activating group) is 1. The standard InChI is InChI=1S/C17H26FN3/c1-20-8-10-21(11-9-20)16-5-4-14(12-15(16)18)17(13-19)6-2-3-7-17/h4-5,12H,2-3,6-11,13,19H2,1H3. The summed E-state index contributed by atoms with van der Waals surface area (Å²) < 4.78 is 14.6. The van der Waals surface area contributed by atoms with Crippen molar-refractivity contribution in [3.63, 3.8) is 0 Å². The van der Waals surface area contributed by atoms with Gasteiger partial charge in [-0.15, -0.1) is 0 Å². The van der Waals surface area contributed by atoms with E-state index in [0.29, 0.717) is 6.54 Å². The molecule has 1 saturated heterocycles. The summed E-state index contributed by atoms with van der Waals surface area (Å²) >= 11 is 0. The van der Waals surface area contributed by atoms with Gasteiger partial charge in [0.05, 0.1) is 5.69 Å². The van der Waals surface area contributed by atoms with Crippen molar-refractivity contribution in [2.24, 2.45) is 5.73 Å². The lowest BCUT2D eigenvalue weighted by Gasteiger charge is -2.35. The van der Waals surface area contributed by atoms with E-state index in [4.69, 9.17) is 5.73 Å². The lowest BCUT2D eigenvalue weighted by molar-refractivity contribution is 0.311. The van der Waals surface area contributed by atoms with E-state index in [2.05, 4.69) is 22.9 Å². The van der Waals surface area contributed by atoms with Gasteiger partial charge in [0, 0.05) is 38.1 Å². The maximum atomic E-state index is 14.6. The lowest BCUT2D eigenvalue weighted by Crippen LogP contribution is -2.44. The molecule has 1 heterocycles. The fourth-order valence-electron chi connectivity index (χ4n) is 3.80. The Hall–Kier alpha value is -1.13. The van der Waals surface area contributed by atoms with Crippen LogP contribution in [0, 0.1) is 5.82 Å². The van der Waals surface area contributed by atoms with Crippen LogP contribution >= 0.6 is 0 Å². The van der Waals surface area contributed by atoms with Gasteiger partial charge in [0.25, 0.3) is 0 Å². The molecule has 3 rings (SSSR count). The van der Waals surface area contributed by atoms with Crippen molar-refractivity contribution in [2.45, 2.75) is 31.1 Å². The predicted octanol–water partition coefficient (Wildman–Crippen LogP) is 2.35.